The summed E-state index contributed by atoms with van der Waals surface area (Å²) < 4.78 is 0. The van der Waals surface area contributed by atoms with E-state index in [1.807, 2.05) is 0 Å². The molecule has 0 atom stereocenters. The molecule has 0 N–H and O–H groups in total. The van der Waals surface area contributed by atoms with Gasteiger partial charge in [0.25, 0.3) is 0 Å². The quantitative estimate of drug-likeness (QED) is 0.567. The minimum absolute atomic E-state index is 0. The molecule has 0 fully saturated rings. The van der Waals surface area contributed by atoms with Crippen LogP contribution in [0.2, 0.25) is 0 Å². The molecular formula is C10H17S+. The average molecular weight is 169 g/mol. The highest BCUT2D eigenvalue weighted by atomic mass is 32.2. The van der Waals surface area contributed by atoms with E-state index in [0.717, 1.165) is 0 Å². The van der Waals surface area contributed by atoms with Crippen molar-refractivity contribution >= 4 is 10.9 Å². The lowest BCUT2D eigenvalue weighted by Crippen LogP contribution is -1.94. The molecule has 0 heterocycles. The number of hydrogen-bond acceptors (Lipinski definition) is 0. The van der Waals surface area contributed by atoms with Crippen molar-refractivity contribution in [1.29, 1.82) is 0 Å². The van der Waals surface area contributed by atoms with Crippen LogP contribution in [0, 0.1) is 6.92 Å². The molecule has 0 unspecified atom stereocenters. The highest BCUT2D eigenvalue weighted by Crippen LogP contribution is 2.09. The Morgan fingerprint density at radius 2 is 1.45 bits per heavy atom. The van der Waals surface area contributed by atoms with Gasteiger partial charge < -0.3 is 0 Å². The predicted octanol–water partition coefficient (Wildman–Crippen LogP) is 2.87. The number of benzene rings is 1. The molecule has 0 saturated carbocycles. The molecule has 0 spiro atoms. The zero-order valence-electron chi connectivity index (χ0n) is 6.72. The minimum Gasteiger partial charge on any atom is -0.0776 e. The number of rotatable bonds is 1. The third-order valence-electron chi connectivity index (χ3n) is 1.49. The molecule has 0 aliphatic heterocycles. The fraction of sp³-hybridized carbons (Fsp3) is 0.400. The number of hydrogen-bond donors (Lipinski definition) is 0. The third-order valence-corrected chi connectivity index (χ3v) is 2.71. The first-order chi connectivity index (χ1) is 4.70. The van der Waals surface area contributed by atoms with Gasteiger partial charge in [-0.25, -0.2) is 0 Å². The maximum atomic E-state index is 2.24. The second-order valence-corrected chi connectivity index (χ2v) is 4.73. The lowest BCUT2D eigenvalue weighted by atomic mass is 10.2. The molecule has 0 aliphatic rings. The van der Waals surface area contributed by atoms with E-state index in [-0.39, 0.29) is 7.43 Å². The van der Waals surface area contributed by atoms with Crippen LogP contribution in [0.25, 0.3) is 0 Å². The first kappa shape index (κ1) is 10.6. The Bertz CT molecular complexity index is 199. The van der Waals surface area contributed by atoms with E-state index in [0.29, 0.717) is 10.9 Å². The Labute approximate surface area is 73.0 Å². The van der Waals surface area contributed by atoms with Gasteiger partial charge in [0, 0.05) is 10.9 Å². The Hall–Kier alpha value is -0.430. The van der Waals surface area contributed by atoms with Crippen molar-refractivity contribution in [2.75, 3.05) is 12.5 Å². The summed E-state index contributed by atoms with van der Waals surface area (Å²) in [6, 6.07) is 8.75. The van der Waals surface area contributed by atoms with Crippen LogP contribution >= 0.6 is 0 Å². The maximum absolute atomic E-state index is 2.24. The van der Waals surface area contributed by atoms with Crippen LogP contribution in [0.4, 0.5) is 0 Å². The molecule has 0 bridgehead atoms. The van der Waals surface area contributed by atoms with Gasteiger partial charge in [-0.2, -0.15) is 0 Å². The van der Waals surface area contributed by atoms with Gasteiger partial charge in [0.2, 0.25) is 0 Å². The lowest BCUT2D eigenvalue weighted by Gasteiger charge is -1.95. The van der Waals surface area contributed by atoms with Crippen molar-refractivity contribution in [3.63, 3.8) is 0 Å². The SMILES string of the molecule is C.Cc1ccc([S+](C)C)cc1. The fourth-order valence-corrected chi connectivity index (χ4v) is 1.49. The van der Waals surface area contributed by atoms with Crippen LogP contribution in [0.3, 0.4) is 0 Å². The second-order valence-electron chi connectivity index (χ2n) is 2.63. The van der Waals surface area contributed by atoms with E-state index < -0.39 is 0 Å². The van der Waals surface area contributed by atoms with Crippen molar-refractivity contribution in [3.8, 4) is 0 Å². The molecule has 1 aromatic carbocycles. The molecular weight excluding hydrogens is 152 g/mol. The van der Waals surface area contributed by atoms with Crippen LogP contribution in [0.15, 0.2) is 29.2 Å². The van der Waals surface area contributed by atoms with E-state index in [9.17, 15) is 0 Å². The summed E-state index contributed by atoms with van der Waals surface area (Å²) in [7, 11) is 0.413. The monoisotopic (exact) mass is 169 g/mol. The van der Waals surface area contributed by atoms with Gasteiger partial charge in [-0.05, 0) is 19.1 Å². The highest BCUT2D eigenvalue weighted by molar-refractivity contribution is 7.95. The molecule has 0 aliphatic carbocycles. The zero-order chi connectivity index (χ0) is 7.56. The summed E-state index contributed by atoms with van der Waals surface area (Å²) in [5.74, 6) is 0. The topological polar surface area (TPSA) is 0 Å². The van der Waals surface area contributed by atoms with Crippen molar-refractivity contribution < 1.29 is 0 Å². The molecule has 0 aromatic heterocycles. The molecule has 0 saturated heterocycles. The third kappa shape index (κ3) is 2.98. The Morgan fingerprint density at radius 1 is 1.00 bits per heavy atom. The minimum atomic E-state index is 0. The Balaban J connectivity index is 0.000001000. The van der Waals surface area contributed by atoms with E-state index in [4.69, 9.17) is 0 Å². The van der Waals surface area contributed by atoms with Crippen molar-refractivity contribution in [3.05, 3.63) is 29.8 Å². The van der Waals surface area contributed by atoms with E-state index in [2.05, 4.69) is 43.7 Å². The Morgan fingerprint density at radius 3 is 1.82 bits per heavy atom. The van der Waals surface area contributed by atoms with Gasteiger partial charge in [0.1, 0.15) is 12.5 Å². The van der Waals surface area contributed by atoms with Crippen molar-refractivity contribution in [2.24, 2.45) is 0 Å². The van der Waals surface area contributed by atoms with Crippen molar-refractivity contribution in [1.82, 2.24) is 0 Å². The molecule has 0 amide bonds. The smallest absolute Gasteiger partial charge is 0.0776 e. The first-order valence-electron chi connectivity index (χ1n) is 3.34. The summed E-state index contributed by atoms with van der Waals surface area (Å²) in [6.07, 6.45) is 4.48. The van der Waals surface area contributed by atoms with E-state index in [1.54, 1.807) is 0 Å². The summed E-state index contributed by atoms with van der Waals surface area (Å²) in [4.78, 5) is 1.45. The van der Waals surface area contributed by atoms with Gasteiger partial charge in [-0.15, -0.1) is 0 Å². The number of aryl methyl sites for hydroxylation is 1. The van der Waals surface area contributed by atoms with Crippen LogP contribution in [-0.4, -0.2) is 12.5 Å². The molecule has 0 nitrogen and oxygen atoms in total. The van der Waals surface area contributed by atoms with Gasteiger partial charge >= 0.3 is 0 Å². The standard InChI is InChI=1S/C9H13S.CH4/c1-8-4-6-9(7-5-8)10(2)3;/h4-7H,1-3H3;1H4/q+1;. The van der Waals surface area contributed by atoms with Crippen LogP contribution in [0.1, 0.15) is 13.0 Å². The molecule has 1 heteroatoms. The molecule has 62 valence electrons. The second kappa shape index (κ2) is 4.45. The molecule has 0 radical (unpaired) electrons. The normalized spacial score (nSPS) is 9.45. The van der Waals surface area contributed by atoms with Gasteiger partial charge in [0.15, 0.2) is 4.90 Å². The highest BCUT2D eigenvalue weighted by Gasteiger charge is 2.05. The van der Waals surface area contributed by atoms with Crippen LogP contribution in [-0.2, 0) is 10.9 Å². The summed E-state index contributed by atoms with van der Waals surface area (Å²) in [5, 5.41) is 0. The molecule has 1 rings (SSSR count). The summed E-state index contributed by atoms with van der Waals surface area (Å²) in [5.41, 5.74) is 1.34. The molecule has 11 heavy (non-hydrogen) atoms. The summed E-state index contributed by atoms with van der Waals surface area (Å²) >= 11 is 0. The van der Waals surface area contributed by atoms with Crippen LogP contribution < -0.4 is 0 Å². The average Bonchev–Trinajstić information content (AvgIpc) is 1.88. The van der Waals surface area contributed by atoms with Crippen molar-refractivity contribution in [2.45, 2.75) is 19.2 Å². The van der Waals surface area contributed by atoms with Gasteiger partial charge in [-0.3, -0.25) is 0 Å². The fourth-order valence-electron chi connectivity index (χ4n) is 0.810. The van der Waals surface area contributed by atoms with E-state index >= 15 is 0 Å². The largest absolute Gasteiger partial charge is 0.154 e. The predicted molar refractivity (Wildman–Crippen MR) is 55.4 cm³/mol. The molecule has 1 aromatic rings. The lowest BCUT2D eigenvalue weighted by molar-refractivity contribution is 1.37. The Kier molecular flexibility index (Phi) is 4.27. The van der Waals surface area contributed by atoms with Gasteiger partial charge in [-0.1, -0.05) is 25.1 Å². The zero-order valence-corrected chi connectivity index (χ0v) is 7.53. The maximum Gasteiger partial charge on any atom is 0.154 e. The van der Waals surface area contributed by atoms with Crippen LogP contribution in [0.5, 0.6) is 0 Å². The van der Waals surface area contributed by atoms with E-state index in [1.165, 1.54) is 10.5 Å². The summed E-state index contributed by atoms with van der Waals surface area (Å²) in [6.45, 7) is 2.12. The first-order valence-corrected chi connectivity index (χ1v) is 5.38. The van der Waals surface area contributed by atoms with Gasteiger partial charge in [0.05, 0.1) is 0 Å².